The third-order valence-electron chi connectivity index (χ3n) is 6.70. The largest absolute Gasteiger partial charge is 0.378 e. The molecular weight excluding hydrogens is 392 g/mol. The van der Waals surface area contributed by atoms with Gasteiger partial charge in [0.15, 0.2) is 5.82 Å². The van der Waals surface area contributed by atoms with E-state index < -0.39 is 0 Å². The molecule has 0 unspecified atom stereocenters. The zero-order valence-electron chi connectivity index (χ0n) is 19.4. The van der Waals surface area contributed by atoms with Gasteiger partial charge < -0.3 is 15.0 Å². The van der Waals surface area contributed by atoms with E-state index in [1.54, 1.807) is 0 Å². The van der Waals surface area contributed by atoms with Gasteiger partial charge >= 0.3 is 0 Å². The first-order valence-corrected chi connectivity index (χ1v) is 11.2. The van der Waals surface area contributed by atoms with Gasteiger partial charge in [-0.15, -0.1) is 0 Å². The van der Waals surface area contributed by atoms with Crippen LogP contribution >= 0.6 is 0 Å². The van der Waals surface area contributed by atoms with Crippen molar-refractivity contribution in [3.63, 3.8) is 0 Å². The molecular formula is C22H34N8O. The van der Waals surface area contributed by atoms with Crippen molar-refractivity contribution in [2.75, 3.05) is 37.0 Å². The van der Waals surface area contributed by atoms with Gasteiger partial charge in [0.1, 0.15) is 11.0 Å². The van der Waals surface area contributed by atoms with Crippen LogP contribution in [0.25, 0.3) is 11.0 Å². The molecule has 0 bridgehead atoms. The van der Waals surface area contributed by atoms with Gasteiger partial charge in [0, 0.05) is 52.7 Å². The first kappa shape index (κ1) is 21.5. The fourth-order valence-electron chi connectivity index (χ4n) is 4.56. The van der Waals surface area contributed by atoms with Crippen LogP contribution in [0, 0.1) is 6.92 Å². The lowest BCUT2D eigenvalue weighted by atomic mass is 9.88. The quantitative estimate of drug-likeness (QED) is 0.554. The SMILES string of the molecule is CCC1(OC)CCN(c2nc(NCCCc3ccnn3C)nc3c(C)nn(C)c23)CC1. The van der Waals surface area contributed by atoms with Crippen molar-refractivity contribution in [3.8, 4) is 0 Å². The minimum absolute atomic E-state index is 0.0160. The van der Waals surface area contributed by atoms with Crippen molar-refractivity contribution >= 4 is 22.8 Å². The normalized spacial score (nSPS) is 16.2. The van der Waals surface area contributed by atoms with Crippen molar-refractivity contribution in [3.05, 3.63) is 23.7 Å². The Kier molecular flexibility index (Phi) is 6.13. The van der Waals surface area contributed by atoms with Crippen LogP contribution in [0.4, 0.5) is 11.8 Å². The third-order valence-corrected chi connectivity index (χ3v) is 6.70. The summed E-state index contributed by atoms with van der Waals surface area (Å²) in [5.74, 6) is 1.63. The van der Waals surface area contributed by atoms with Crippen molar-refractivity contribution in [2.45, 2.75) is 51.6 Å². The first-order chi connectivity index (χ1) is 15.0. The Labute approximate surface area is 183 Å². The maximum atomic E-state index is 5.86. The summed E-state index contributed by atoms with van der Waals surface area (Å²) in [6, 6.07) is 2.06. The van der Waals surface area contributed by atoms with Crippen molar-refractivity contribution in [2.24, 2.45) is 14.1 Å². The second-order valence-corrected chi connectivity index (χ2v) is 8.48. The Morgan fingerprint density at radius 3 is 2.58 bits per heavy atom. The number of nitrogens with zero attached hydrogens (tertiary/aromatic N) is 7. The summed E-state index contributed by atoms with van der Waals surface area (Å²) < 4.78 is 9.69. The fraction of sp³-hybridized carbons (Fsp3) is 0.636. The van der Waals surface area contributed by atoms with Crippen LogP contribution < -0.4 is 10.2 Å². The number of aromatic nitrogens is 6. The summed E-state index contributed by atoms with van der Waals surface area (Å²) in [7, 11) is 5.78. The van der Waals surface area contributed by atoms with E-state index in [0.717, 1.165) is 74.3 Å². The lowest BCUT2D eigenvalue weighted by molar-refractivity contribution is -0.0323. The predicted octanol–water partition coefficient (Wildman–Crippen LogP) is 2.85. The van der Waals surface area contributed by atoms with Crippen molar-refractivity contribution < 1.29 is 4.74 Å². The summed E-state index contributed by atoms with van der Waals surface area (Å²) in [6.07, 6.45) is 6.81. The number of nitrogens with one attached hydrogen (secondary N) is 1. The number of rotatable bonds is 8. The maximum Gasteiger partial charge on any atom is 0.225 e. The van der Waals surface area contributed by atoms with E-state index in [1.807, 2.05) is 43.7 Å². The predicted molar refractivity (Wildman–Crippen MR) is 123 cm³/mol. The summed E-state index contributed by atoms with van der Waals surface area (Å²) >= 11 is 0. The molecule has 1 saturated heterocycles. The molecule has 168 valence electrons. The van der Waals surface area contributed by atoms with Crippen molar-refractivity contribution in [1.29, 1.82) is 0 Å². The topological polar surface area (TPSA) is 85.9 Å². The number of ether oxygens (including phenoxy) is 1. The highest BCUT2D eigenvalue weighted by Gasteiger charge is 2.34. The Bertz CT molecular complexity index is 1030. The fourth-order valence-corrected chi connectivity index (χ4v) is 4.56. The van der Waals surface area contributed by atoms with Gasteiger partial charge in [-0.1, -0.05) is 6.92 Å². The van der Waals surface area contributed by atoms with Gasteiger partial charge in [-0.25, -0.2) is 4.98 Å². The van der Waals surface area contributed by atoms with Crippen LogP contribution in [0.5, 0.6) is 0 Å². The zero-order valence-corrected chi connectivity index (χ0v) is 19.4. The summed E-state index contributed by atoms with van der Waals surface area (Å²) in [4.78, 5) is 12.1. The van der Waals surface area contributed by atoms with E-state index in [4.69, 9.17) is 14.7 Å². The average Bonchev–Trinajstić information content (AvgIpc) is 3.32. The zero-order chi connectivity index (χ0) is 22.0. The third kappa shape index (κ3) is 4.23. The minimum Gasteiger partial charge on any atom is -0.378 e. The number of hydrogen-bond donors (Lipinski definition) is 1. The second kappa shape index (κ2) is 8.82. The number of aryl methyl sites for hydroxylation is 4. The Morgan fingerprint density at radius 2 is 1.94 bits per heavy atom. The molecule has 0 radical (unpaired) electrons. The molecule has 4 heterocycles. The second-order valence-electron chi connectivity index (χ2n) is 8.48. The maximum absolute atomic E-state index is 5.86. The lowest BCUT2D eigenvalue weighted by Gasteiger charge is -2.41. The molecule has 3 aromatic heterocycles. The highest BCUT2D eigenvalue weighted by Crippen LogP contribution is 2.34. The van der Waals surface area contributed by atoms with Crippen LogP contribution in [0.15, 0.2) is 12.3 Å². The van der Waals surface area contributed by atoms with Crippen molar-refractivity contribution in [1.82, 2.24) is 29.5 Å². The van der Waals surface area contributed by atoms with E-state index in [-0.39, 0.29) is 5.60 Å². The molecule has 0 amide bonds. The average molecular weight is 427 g/mol. The van der Waals surface area contributed by atoms with Gasteiger partial charge in [0.25, 0.3) is 0 Å². The molecule has 0 spiro atoms. The van der Waals surface area contributed by atoms with Gasteiger partial charge in [0.2, 0.25) is 5.95 Å². The summed E-state index contributed by atoms with van der Waals surface area (Å²) in [5, 5.41) is 12.3. The van der Waals surface area contributed by atoms with E-state index >= 15 is 0 Å². The lowest BCUT2D eigenvalue weighted by Crippen LogP contribution is -2.45. The number of anilines is 2. The van der Waals surface area contributed by atoms with Crippen LogP contribution in [-0.4, -0.2) is 61.9 Å². The highest BCUT2D eigenvalue weighted by molar-refractivity contribution is 5.89. The van der Waals surface area contributed by atoms with E-state index in [2.05, 4.69) is 33.4 Å². The van der Waals surface area contributed by atoms with Gasteiger partial charge in [-0.2, -0.15) is 15.2 Å². The highest BCUT2D eigenvalue weighted by atomic mass is 16.5. The molecule has 1 aliphatic heterocycles. The smallest absolute Gasteiger partial charge is 0.225 e. The number of piperidine rings is 1. The van der Waals surface area contributed by atoms with Gasteiger partial charge in [-0.05, 0) is 45.1 Å². The molecule has 1 fully saturated rings. The van der Waals surface area contributed by atoms with Gasteiger partial charge in [0.05, 0.1) is 11.3 Å². The van der Waals surface area contributed by atoms with Crippen LogP contribution in [0.2, 0.25) is 0 Å². The summed E-state index contributed by atoms with van der Waals surface area (Å²) in [6.45, 7) is 6.85. The van der Waals surface area contributed by atoms with Crippen LogP contribution in [0.3, 0.4) is 0 Å². The molecule has 3 aromatic rings. The van der Waals surface area contributed by atoms with Gasteiger partial charge in [-0.3, -0.25) is 9.36 Å². The molecule has 0 aromatic carbocycles. The van der Waals surface area contributed by atoms with E-state index in [0.29, 0.717) is 5.95 Å². The molecule has 31 heavy (non-hydrogen) atoms. The van der Waals surface area contributed by atoms with Crippen LogP contribution in [-0.2, 0) is 25.3 Å². The molecule has 9 nitrogen and oxygen atoms in total. The van der Waals surface area contributed by atoms with Crippen LogP contribution in [0.1, 0.15) is 44.0 Å². The Balaban J connectivity index is 1.53. The monoisotopic (exact) mass is 426 g/mol. The number of methoxy groups -OCH3 is 1. The number of fused-ring (bicyclic) bond motifs is 1. The molecule has 0 atom stereocenters. The first-order valence-electron chi connectivity index (χ1n) is 11.2. The number of hydrogen-bond acceptors (Lipinski definition) is 7. The Hall–Kier alpha value is -2.68. The molecule has 0 aliphatic carbocycles. The molecule has 1 aliphatic rings. The molecule has 4 rings (SSSR count). The molecule has 9 heteroatoms. The van der Waals surface area contributed by atoms with E-state index in [9.17, 15) is 0 Å². The molecule has 0 saturated carbocycles. The Morgan fingerprint density at radius 1 is 1.16 bits per heavy atom. The van der Waals surface area contributed by atoms with E-state index in [1.165, 1.54) is 5.69 Å². The standard InChI is InChI=1S/C22H34N8O/c1-6-22(31-5)10-14-30(15-11-22)20-19-18(16(2)27-29(19)4)25-21(26-20)23-12-7-8-17-9-13-24-28(17)3/h9,13H,6-8,10-12,14-15H2,1-5H3,(H,23,25,26). The minimum atomic E-state index is -0.0160. The summed E-state index contributed by atoms with van der Waals surface area (Å²) in [5.41, 5.74) is 4.06. The molecule has 1 N–H and O–H groups in total.